The number of ketones is 1. The summed E-state index contributed by atoms with van der Waals surface area (Å²) < 4.78 is 42.1. The van der Waals surface area contributed by atoms with Gasteiger partial charge in [-0.05, 0) is 30.3 Å². The Kier molecular flexibility index (Phi) is 11.1. The zero-order chi connectivity index (χ0) is 61.7. The lowest BCUT2D eigenvalue weighted by atomic mass is 9.70. The second kappa shape index (κ2) is 17.7. The molecule has 9 atom stereocenters. The summed E-state index contributed by atoms with van der Waals surface area (Å²) in [5.74, 6) is -36.8. The lowest BCUT2D eigenvalue weighted by Crippen LogP contribution is -2.63. The number of aromatic hydroxyl groups is 16. The maximum Gasteiger partial charge on any atom is 0.340 e. The number of hydrogen-bond acceptors (Lipinski definition) is 31. The van der Waals surface area contributed by atoms with Gasteiger partial charge in [0, 0.05) is 62.6 Å². The highest BCUT2D eigenvalue weighted by molar-refractivity contribution is 6.25. The van der Waals surface area contributed by atoms with E-state index in [2.05, 4.69) is 0 Å². The average molecular weight is 1190 g/mol. The van der Waals surface area contributed by atoms with Crippen LogP contribution in [0.15, 0.2) is 42.0 Å². The van der Waals surface area contributed by atoms with Gasteiger partial charge in [-0.15, -0.1) is 0 Å². The lowest BCUT2D eigenvalue weighted by molar-refractivity contribution is -0.184. The number of phenolic OH excluding ortho intramolecular Hbond substituents is 16. The summed E-state index contributed by atoms with van der Waals surface area (Å²) in [5, 5.41) is 202. The van der Waals surface area contributed by atoms with Crippen molar-refractivity contribution in [2.75, 3.05) is 6.61 Å². The number of fused-ring (bicyclic) bond motifs is 17. The lowest BCUT2D eigenvalue weighted by Gasteiger charge is -2.45. The molecule has 6 aliphatic heterocycles. The number of carbonyl (C=O) groups excluding carboxylic acids is 6. The molecule has 0 radical (unpaired) electrons. The summed E-state index contributed by atoms with van der Waals surface area (Å²) >= 11 is 0. The first kappa shape index (κ1) is 53.7. The molecule has 31 heteroatoms. The number of hydrogen-bond donors (Lipinski definition) is 18. The van der Waals surface area contributed by atoms with Crippen LogP contribution in [0.25, 0.3) is 27.8 Å². The van der Waals surface area contributed by atoms with E-state index in [1.54, 1.807) is 0 Å². The van der Waals surface area contributed by atoms with Gasteiger partial charge in [0.25, 0.3) is 0 Å². The molecule has 1 saturated heterocycles. The van der Waals surface area contributed by atoms with Crippen molar-refractivity contribution in [3.8, 4) is 126 Å². The van der Waals surface area contributed by atoms with Crippen LogP contribution in [0.3, 0.4) is 0 Å². The third-order valence-corrected chi connectivity index (χ3v) is 16.1. The minimum Gasteiger partial charge on any atom is -0.507 e. The molecule has 7 aliphatic rings. The molecule has 6 aromatic rings. The molecular formula is C55H36O31. The number of aliphatic hydroxyl groups excluding tert-OH is 2. The van der Waals surface area contributed by atoms with Crippen molar-refractivity contribution in [1.82, 2.24) is 0 Å². The minimum atomic E-state index is -3.23. The number of carbonyl (C=O) groups is 6. The number of ether oxygens (including phenoxy) is 7. The van der Waals surface area contributed by atoms with E-state index in [1.807, 2.05) is 0 Å². The molecule has 1 spiro atoms. The Morgan fingerprint density at radius 2 is 0.907 bits per heavy atom. The van der Waals surface area contributed by atoms with E-state index in [9.17, 15) is 96.7 Å². The van der Waals surface area contributed by atoms with E-state index in [-0.39, 0.29) is 11.1 Å². The highest BCUT2D eigenvalue weighted by Gasteiger charge is 2.74. The van der Waals surface area contributed by atoms with Gasteiger partial charge in [-0.25, -0.2) is 24.0 Å². The van der Waals surface area contributed by atoms with Crippen molar-refractivity contribution in [3.05, 3.63) is 86.5 Å². The molecule has 31 nitrogen and oxygen atoms in total. The first-order chi connectivity index (χ1) is 40.6. The molecule has 1 fully saturated rings. The summed E-state index contributed by atoms with van der Waals surface area (Å²) in [6.45, 7) is -1.59. The third-order valence-electron chi connectivity index (χ3n) is 16.1. The van der Waals surface area contributed by atoms with E-state index in [4.69, 9.17) is 33.2 Å². The normalized spacial score (nSPS) is 24.9. The third kappa shape index (κ3) is 6.83. The van der Waals surface area contributed by atoms with Gasteiger partial charge in [0.2, 0.25) is 34.4 Å². The van der Waals surface area contributed by atoms with Gasteiger partial charge in [0.15, 0.2) is 93.8 Å². The van der Waals surface area contributed by atoms with Crippen LogP contribution < -0.4 is 9.47 Å². The first-order valence-electron chi connectivity index (χ1n) is 24.9. The van der Waals surface area contributed by atoms with Crippen LogP contribution in [-0.4, -0.2) is 176 Å². The van der Waals surface area contributed by atoms with E-state index in [0.29, 0.717) is 18.2 Å². The van der Waals surface area contributed by atoms with Crippen LogP contribution in [0.5, 0.6) is 103 Å². The minimum absolute atomic E-state index is 0.169. The molecule has 0 amide bonds. The van der Waals surface area contributed by atoms with Crippen molar-refractivity contribution < 1.29 is 154 Å². The van der Waals surface area contributed by atoms with Crippen molar-refractivity contribution >= 4 is 41.2 Å². The molecule has 6 heterocycles. The predicted octanol–water partition coefficient (Wildman–Crippen LogP) is 1.36. The van der Waals surface area contributed by atoms with Gasteiger partial charge < -0.3 is 125 Å². The van der Waals surface area contributed by atoms with Crippen LogP contribution in [-0.2, 0) is 39.7 Å². The Morgan fingerprint density at radius 1 is 0.419 bits per heavy atom. The van der Waals surface area contributed by atoms with Crippen LogP contribution in [0.2, 0.25) is 0 Å². The zero-order valence-corrected chi connectivity index (χ0v) is 42.4. The van der Waals surface area contributed by atoms with E-state index >= 15 is 24.0 Å². The highest BCUT2D eigenvalue weighted by Crippen LogP contribution is 2.67. The number of benzene rings is 6. The molecular weight excluding hydrogens is 1160 g/mol. The van der Waals surface area contributed by atoms with Gasteiger partial charge in [-0.3, -0.25) is 4.79 Å². The smallest absolute Gasteiger partial charge is 0.340 e. The monoisotopic (exact) mass is 1190 g/mol. The molecule has 6 aromatic carbocycles. The molecule has 4 bridgehead atoms. The Balaban J connectivity index is 1.13. The number of aliphatic hydroxyl groups is 2. The topological polar surface area (TPSA) is 531 Å². The number of cyclic esters (lactones) is 1. The number of phenols is 16. The summed E-state index contributed by atoms with van der Waals surface area (Å²) in [4.78, 5) is 91.4. The average Bonchev–Trinajstić information content (AvgIpc) is 1.49. The van der Waals surface area contributed by atoms with Crippen LogP contribution in [0.4, 0.5) is 0 Å². The molecule has 1 aliphatic carbocycles. The number of rotatable bonds is 1. The summed E-state index contributed by atoms with van der Waals surface area (Å²) in [6, 6.07) is 3.83. The quantitative estimate of drug-likeness (QED) is 0.0628. The Morgan fingerprint density at radius 3 is 1.49 bits per heavy atom. The second-order valence-electron chi connectivity index (χ2n) is 20.6. The predicted molar refractivity (Wildman–Crippen MR) is 268 cm³/mol. The van der Waals surface area contributed by atoms with Crippen molar-refractivity contribution in [1.29, 1.82) is 0 Å². The maximum atomic E-state index is 15.7. The molecule has 86 heavy (non-hydrogen) atoms. The van der Waals surface area contributed by atoms with Gasteiger partial charge in [-0.1, -0.05) is 0 Å². The maximum absolute atomic E-state index is 15.7. The SMILES string of the molecule is O=C1O[C@@H]2[C@H]3OC(=O)c4c(c(O)c(O)c(O)c4-c4c(cc(O)c(O)c4O)C(=O)O[C@@H]4COC(=O)c5cc(O)c(O)c(O)c5-c5c(cc(O)c(O)c5O)C(=O)O[C@@H]34)C3=C1[C@]1(Oc4cc5c(c(O)c4[C@H]21)C[C@H](O)[C@@H](c1cc(O)c(O)c(O)c1)O5)C(=O)[C@@H]3O. The van der Waals surface area contributed by atoms with Crippen molar-refractivity contribution in [3.63, 3.8) is 0 Å². The summed E-state index contributed by atoms with van der Waals surface area (Å²) in [5.41, 5.74) is -18.5. The highest BCUT2D eigenvalue weighted by atomic mass is 16.6. The molecule has 13 rings (SSSR count). The van der Waals surface area contributed by atoms with Crippen LogP contribution >= 0.6 is 0 Å². The molecule has 0 aromatic heterocycles. The standard InChI is InChI=1S/C55H36O31/c56-14-1-9(2-15(57)34(14)63)45-19(61)3-10-20(81-45)7-21-26(33(10)62)31-47-48-46-22(8-80-50(75)11-4-16(58)35(64)38(67)23(11)24-12(52(77)83-46)5-17(59)36(65)39(24)68)82-51(76)13-6-18(60)37(66)40(69)25(13)27-29(53(78)85-48)28(42(71)44(73)41(27)70)30-32(54(79)84-47)55(31,86-21)49(74)43(30)72/h1-2,4-7,19,22,31,43,45-48,56-73H,3,8H2/t19-,22+,31+,43+,45+,46+,47-,48-,55-/m0/s1. The van der Waals surface area contributed by atoms with Crippen molar-refractivity contribution in [2.24, 2.45) is 0 Å². The number of esters is 5. The Labute approximate surface area is 473 Å². The zero-order valence-electron chi connectivity index (χ0n) is 42.4. The van der Waals surface area contributed by atoms with Gasteiger partial charge in [0.05, 0.1) is 39.8 Å². The first-order valence-corrected chi connectivity index (χ1v) is 24.9. The second-order valence-corrected chi connectivity index (χ2v) is 20.6. The van der Waals surface area contributed by atoms with E-state index in [0.717, 1.165) is 18.2 Å². The molecule has 0 unspecified atom stereocenters. The Bertz CT molecular complexity index is 4270. The van der Waals surface area contributed by atoms with Gasteiger partial charge in [0.1, 0.15) is 30.0 Å². The molecule has 442 valence electrons. The van der Waals surface area contributed by atoms with Gasteiger partial charge in [-0.2, -0.15) is 0 Å². The van der Waals surface area contributed by atoms with Crippen LogP contribution in [0.1, 0.15) is 75.7 Å². The summed E-state index contributed by atoms with van der Waals surface area (Å²) in [7, 11) is 0. The van der Waals surface area contributed by atoms with Crippen LogP contribution in [0, 0.1) is 0 Å². The summed E-state index contributed by atoms with van der Waals surface area (Å²) in [6.07, 6.45) is -18.0. The molecule has 0 saturated carbocycles. The Hall–Kier alpha value is -11.6. The fraction of sp³-hybridized carbons (Fsp3) is 0.200. The van der Waals surface area contributed by atoms with Gasteiger partial charge >= 0.3 is 29.8 Å². The fourth-order valence-electron chi connectivity index (χ4n) is 12.3. The number of Topliss-reactive ketones (excluding diaryl/α,β-unsaturated/α-hetero) is 1. The molecule has 18 N–H and O–H groups in total. The fourth-order valence-corrected chi connectivity index (χ4v) is 12.3. The van der Waals surface area contributed by atoms with E-state index < -0.39 is 273 Å². The van der Waals surface area contributed by atoms with Crippen molar-refractivity contribution in [2.45, 2.75) is 60.7 Å². The largest absolute Gasteiger partial charge is 0.507 e. The van der Waals surface area contributed by atoms with E-state index in [1.165, 1.54) is 0 Å².